The standard InChI is InChI=1S/C12H15FN2O3/c13-9-3-1-8(2-4-9)11-6-5-10(18-11)7-15(17)12(14)16/h1-4,10-11,17H,5-7H2,(H2,14,16)/t10-,11-/m1/s1. The molecule has 1 aromatic carbocycles. The first kappa shape index (κ1) is 12.8. The summed E-state index contributed by atoms with van der Waals surface area (Å²) < 4.78 is 18.5. The molecule has 0 aliphatic carbocycles. The van der Waals surface area contributed by atoms with Crippen molar-refractivity contribution in [2.75, 3.05) is 6.54 Å². The van der Waals surface area contributed by atoms with Gasteiger partial charge in [-0.25, -0.2) is 14.2 Å². The zero-order valence-electron chi connectivity index (χ0n) is 9.75. The predicted molar refractivity (Wildman–Crippen MR) is 61.3 cm³/mol. The zero-order chi connectivity index (χ0) is 13.1. The molecule has 1 heterocycles. The minimum atomic E-state index is -0.899. The molecule has 18 heavy (non-hydrogen) atoms. The number of amides is 2. The van der Waals surface area contributed by atoms with Gasteiger partial charge in [0.1, 0.15) is 5.82 Å². The molecule has 0 saturated carbocycles. The van der Waals surface area contributed by atoms with Crippen molar-refractivity contribution < 1.29 is 19.1 Å². The van der Waals surface area contributed by atoms with Crippen molar-refractivity contribution in [1.29, 1.82) is 0 Å². The van der Waals surface area contributed by atoms with Crippen LogP contribution in [0.4, 0.5) is 9.18 Å². The Hall–Kier alpha value is -1.66. The average Bonchev–Trinajstić information content (AvgIpc) is 2.78. The Morgan fingerprint density at radius 1 is 1.44 bits per heavy atom. The van der Waals surface area contributed by atoms with Gasteiger partial charge in [-0.2, -0.15) is 0 Å². The number of hydroxylamine groups is 2. The maximum atomic E-state index is 12.8. The predicted octanol–water partition coefficient (Wildman–Crippen LogP) is 1.82. The second-order valence-corrected chi connectivity index (χ2v) is 4.30. The first-order valence-electron chi connectivity index (χ1n) is 5.73. The Kier molecular flexibility index (Phi) is 3.78. The molecule has 1 fully saturated rings. The number of carbonyl (C=O) groups is 1. The quantitative estimate of drug-likeness (QED) is 0.638. The second kappa shape index (κ2) is 5.32. The molecular formula is C12H15FN2O3. The Bertz CT molecular complexity index is 424. The van der Waals surface area contributed by atoms with E-state index in [1.807, 2.05) is 0 Å². The minimum absolute atomic E-state index is 0.0486. The van der Waals surface area contributed by atoms with Gasteiger partial charge in [-0.3, -0.25) is 5.21 Å². The van der Waals surface area contributed by atoms with Gasteiger partial charge in [-0.1, -0.05) is 12.1 Å². The van der Waals surface area contributed by atoms with Gasteiger partial charge < -0.3 is 10.5 Å². The molecule has 3 N–H and O–H groups in total. The molecule has 5 nitrogen and oxygen atoms in total. The van der Waals surface area contributed by atoms with Gasteiger partial charge in [0.15, 0.2) is 0 Å². The third-order valence-corrected chi connectivity index (χ3v) is 2.98. The van der Waals surface area contributed by atoms with E-state index in [0.29, 0.717) is 11.5 Å². The van der Waals surface area contributed by atoms with E-state index in [9.17, 15) is 14.4 Å². The van der Waals surface area contributed by atoms with Crippen LogP contribution in [0.2, 0.25) is 0 Å². The van der Waals surface area contributed by atoms with Crippen LogP contribution in [-0.2, 0) is 4.74 Å². The van der Waals surface area contributed by atoms with Gasteiger partial charge in [0.2, 0.25) is 0 Å². The number of nitrogens with zero attached hydrogens (tertiary/aromatic N) is 1. The summed E-state index contributed by atoms with van der Waals surface area (Å²) in [6, 6.07) is 5.21. The van der Waals surface area contributed by atoms with Crippen LogP contribution in [0.3, 0.4) is 0 Å². The van der Waals surface area contributed by atoms with Crippen LogP contribution >= 0.6 is 0 Å². The highest BCUT2D eigenvalue weighted by Gasteiger charge is 2.28. The summed E-state index contributed by atoms with van der Waals surface area (Å²) in [6.07, 6.45) is 1.10. The average molecular weight is 254 g/mol. The van der Waals surface area contributed by atoms with E-state index in [-0.39, 0.29) is 24.6 Å². The zero-order valence-corrected chi connectivity index (χ0v) is 9.75. The van der Waals surface area contributed by atoms with Crippen molar-refractivity contribution in [1.82, 2.24) is 5.06 Å². The van der Waals surface area contributed by atoms with Crippen molar-refractivity contribution in [3.63, 3.8) is 0 Å². The SMILES string of the molecule is NC(=O)N(O)C[C@H]1CC[C@H](c2ccc(F)cc2)O1. The molecular weight excluding hydrogens is 239 g/mol. The van der Waals surface area contributed by atoms with Crippen molar-refractivity contribution in [2.45, 2.75) is 25.0 Å². The summed E-state index contributed by atoms with van der Waals surface area (Å²) in [5, 5.41) is 9.65. The molecule has 1 saturated heterocycles. The van der Waals surface area contributed by atoms with E-state index in [1.165, 1.54) is 12.1 Å². The van der Waals surface area contributed by atoms with Crippen molar-refractivity contribution in [3.05, 3.63) is 35.6 Å². The number of urea groups is 1. The first-order valence-corrected chi connectivity index (χ1v) is 5.73. The van der Waals surface area contributed by atoms with E-state index < -0.39 is 6.03 Å². The molecule has 2 atom stereocenters. The molecule has 6 heteroatoms. The number of hydrogen-bond acceptors (Lipinski definition) is 3. The fraction of sp³-hybridized carbons (Fsp3) is 0.417. The second-order valence-electron chi connectivity index (χ2n) is 4.30. The first-order chi connectivity index (χ1) is 8.56. The smallest absolute Gasteiger partial charge is 0.338 e. The van der Waals surface area contributed by atoms with Crippen molar-refractivity contribution in [3.8, 4) is 0 Å². The maximum Gasteiger partial charge on any atom is 0.338 e. The number of rotatable bonds is 3. The summed E-state index contributed by atoms with van der Waals surface area (Å²) in [6.45, 7) is 0.0486. The van der Waals surface area contributed by atoms with Gasteiger partial charge in [0, 0.05) is 0 Å². The van der Waals surface area contributed by atoms with Crippen molar-refractivity contribution in [2.24, 2.45) is 5.73 Å². The molecule has 0 radical (unpaired) electrons. The van der Waals surface area contributed by atoms with Crippen LogP contribution in [-0.4, -0.2) is 29.0 Å². The van der Waals surface area contributed by atoms with Gasteiger partial charge in [-0.05, 0) is 30.5 Å². The number of primary amides is 1. The Morgan fingerprint density at radius 3 is 2.72 bits per heavy atom. The molecule has 0 aromatic heterocycles. The monoisotopic (exact) mass is 254 g/mol. The normalized spacial score (nSPS) is 23.0. The van der Waals surface area contributed by atoms with Crippen LogP contribution in [0.25, 0.3) is 0 Å². The topological polar surface area (TPSA) is 75.8 Å². The molecule has 98 valence electrons. The van der Waals surface area contributed by atoms with Gasteiger partial charge in [-0.15, -0.1) is 0 Å². The summed E-state index contributed by atoms with van der Waals surface area (Å²) in [7, 11) is 0. The van der Waals surface area contributed by atoms with Gasteiger partial charge >= 0.3 is 6.03 Å². The van der Waals surface area contributed by atoms with Crippen molar-refractivity contribution >= 4 is 6.03 Å². The highest BCUT2D eigenvalue weighted by atomic mass is 19.1. The number of ether oxygens (including phenoxy) is 1. The lowest BCUT2D eigenvalue weighted by atomic mass is 10.1. The highest BCUT2D eigenvalue weighted by molar-refractivity contribution is 5.70. The third-order valence-electron chi connectivity index (χ3n) is 2.98. The molecule has 1 aliphatic rings. The minimum Gasteiger partial charge on any atom is -0.368 e. The highest BCUT2D eigenvalue weighted by Crippen LogP contribution is 2.32. The number of hydrogen-bond donors (Lipinski definition) is 2. The van der Waals surface area contributed by atoms with Crippen LogP contribution in [0, 0.1) is 5.82 Å². The summed E-state index contributed by atoms with van der Waals surface area (Å²) in [4.78, 5) is 10.7. The van der Waals surface area contributed by atoms with Crippen LogP contribution in [0.15, 0.2) is 24.3 Å². The summed E-state index contributed by atoms with van der Waals surface area (Å²) in [5.41, 5.74) is 5.81. The summed E-state index contributed by atoms with van der Waals surface area (Å²) in [5.74, 6) is -0.288. The lowest BCUT2D eigenvalue weighted by Crippen LogP contribution is -2.38. The lowest BCUT2D eigenvalue weighted by molar-refractivity contribution is -0.0788. The van der Waals surface area contributed by atoms with Gasteiger partial charge in [0.05, 0.1) is 18.8 Å². The fourth-order valence-corrected chi connectivity index (χ4v) is 2.05. The molecule has 1 aliphatic heterocycles. The molecule has 0 bridgehead atoms. The number of halogens is 1. The summed E-state index contributed by atoms with van der Waals surface area (Å²) >= 11 is 0. The van der Waals surface area contributed by atoms with E-state index in [4.69, 9.17) is 10.5 Å². The Labute approximate surface area is 104 Å². The molecule has 1 aromatic rings. The Morgan fingerprint density at radius 2 is 2.11 bits per heavy atom. The van der Waals surface area contributed by atoms with E-state index in [2.05, 4.69) is 0 Å². The largest absolute Gasteiger partial charge is 0.368 e. The number of nitrogens with two attached hydrogens (primary N) is 1. The van der Waals surface area contributed by atoms with E-state index in [0.717, 1.165) is 12.0 Å². The molecule has 2 amide bonds. The van der Waals surface area contributed by atoms with E-state index in [1.54, 1.807) is 12.1 Å². The maximum absolute atomic E-state index is 12.8. The van der Waals surface area contributed by atoms with Crippen LogP contribution in [0.5, 0.6) is 0 Å². The number of carbonyl (C=O) groups excluding carboxylic acids is 1. The van der Waals surface area contributed by atoms with E-state index >= 15 is 0 Å². The molecule has 0 unspecified atom stereocenters. The van der Waals surface area contributed by atoms with Gasteiger partial charge in [0.25, 0.3) is 0 Å². The lowest BCUT2D eigenvalue weighted by Gasteiger charge is -2.18. The molecule has 2 rings (SSSR count). The van der Waals surface area contributed by atoms with Crippen LogP contribution in [0.1, 0.15) is 24.5 Å². The third kappa shape index (κ3) is 2.96. The Balaban J connectivity index is 1.92. The molecule has 0 spiro atoms. The van der Waals surface area contributed by atoms with Crippen LogP contribution < -0.4 is 5.73 Å². The number of benzene rings is 1. The fourth-order valence-electron chi connectivity index (χ4n) is 2.05.